The van der Waals surface area contributed by atoms with Crippen LogP contribution in [0.4, 0.5) is 11.6 Å². The first-order valence-electron chi connectivity index (χ1n) is 7.65. The summed E-state index contributed by atoms with van der Waals surface area (Å²) in [7, 11) is 1.67. The van der Waals surface area contributed by atoms with Crippen LogP contribution in [0, 0.1) is 0 Å². The number of hydrogen-bond donors (Lipinski definition) is 1. The number of ether oxygens (including phenoxy) is 1. The molecule has 0 aliphatic heterocycles. The Morgan fingerprint density at radius 3 is 2.57 bits per heavy atom. The van der Waals surface area contributed by atoms with Crippen LogP contribution >= 0.6 is 0 Å². The van der Waals surface area contributed by atoms with Crippen LogP contribution in [0.1, 0.15) is 25.5 Å². The van der Waals surface area contributed by atoms with Crippen LogP contribution in [0.15, 0.2) is 48.5 Å². The number of benzene rings is 2. The summed E-state index contributed by atoms with van der Waals surface area (Å²) in [6.45, 7) is 4.69. The van der Waals surface area contributed by atoms with Crippen LogP contribution in [0.2, 0.25) is 0 Å². The van der Waals surface area contributed by atoms with Gasteiger partial charge in [-0.25, -0.2) is 4.98 Å². The second-order valence-corrected chi connectivity index (χ2v) is 5.78. The molecule has 2 aromatic carbocycles. The van der Waals surface area contributed by atoms with Crippen molar-refractivity contribution in [3.8, 4) is 0 Å². The molecule has 0 aliphatic carbocycles. The van der Waals surface area contributed by atoms with E-state index in [1.54, 1.807) is 7.11 Å². The summed E-state index contributed by atoms with van der Waals surface area (Å²) in [6.07, 6.45) is 0. The molecule has 0 spiro atoms. The topological polar surface area (TPSA) is 50.5 Å². The molecule has 3 aromatic rings. The van der Waals surface area contributed by atoms with Gasteiger partial charge in [0.25, 0.3) is 0 Å². The van der Waals surface area contributed by atoms with Gasteiger partial charge in [0.05, 0.1) is 23.3 Å². The standard InChI is InChI=1S/C18H21N3O2/c1-13(2)20-17-10-9-14(12-23-3)11-16(17)19-18(20)21(22)15-7-5-4-6-8-15/h4-11,13,22H,12H2,1-3H3. The first-order chi connectivity index (χ1) is 11.1. The number of hydrogen-bond acceptors (Lipinski definition) is 4. The molecular formula is C18H21N3O2. The number of nitrogens with zero attached hydrogens (tertiary/aromatic N) is 3. The lowest BCUT2D eigenvalue weighted by atomic mass is 10.2. The van der Waals surface area contributed by atoms with Crippen LogP contribution in [-0.4, -0.2) is 21.9 Å². The molecule has 0 amide bonds. The minimum atomic E-state index is 0.168. The Balaban J connectivity index is 2.13. The predicted molar refractivity (Wildman–Crippen MR) is 91.2 cm³/mol. The number of fused-ring (bicyclic) bond motifs is 1. The van der Waals surface area contributed by atoms with Crippen LogP contribution in [-0.2, 0) is 11.3 Å². The van der Waals surface area contributed by atoms with E-state index in [1.165, 1.54) is 0 Å². The first-order valence-corrected chi connectivity index (χ1v) is 7.65. The summed E-state index contributed by atoms with van der Waals surface area (Å²) in [5.41, 5.74) is 3.58. The van der Waals surface area contributed by atoms with Gasteiger partial charge in [0.2, 0.25) is 5.95 Å². The van der Waals surface area contributed by atoms with E-state index in [1.807, 2.05) is 53.1 Å². The second-order valence-electron chi connectivity index (χ2n) is 5.78. The van der Waals surface area contributed by atoms with Gasteiger partial charge < -0.3 is 9.30 Å². The highest BCUT2D eigenvalue weighted by molar-refractivity contribution is 5.80. The highest BCUT2D eigenvalue weighted by Gasteiger charge is 2.19. The fourth-order valence-electron chi connectivity index (χ4n) is 2.73. The lowest BCUT2D eigenvalue weighted by Crippen LogP contribution is -2.17. The smallest absolute Gasteiger partial charge is 0.236 e. The van der Waals surface area contributed by atoms with E-state index in [9.17, 15) is 5.21 Å². The van der Waals surface area contributed by atoms with E-state index in [4.69, 9.17) is 4.74 Å². The van der Waals surface area contributed by atoms with Crippen LogP contribution < -0.4 is 5.06 Å². The van der Waals surface area contributed by atoms with Gasteiger partial charge in [-0.1, -0.05) is 24.3 Å². The molecule has 1 N–H and O–H groups in total. The van der Waals surface area contributed by atoms with E-state index in [2.05, 4.69) is 18.8 Å². The largest absolute Gasteiger partial charge is 0.380 e. The monoisotopic (exact) mass is 311 g/mol. The van der Waals surface area contributed by atoms with Crippen molar-refractivity contribution in [2.24, 2.45) is 0 Å². The molecule has 5 nitrogen and oxygen atoms in total. The van der Waals surface area contributed by atoms with Crippen molar-refractivity contribution < 1.29 is 9.94 Å². The molecule has 0 fully saturated rings. The Morgan fingerprint density at radius 2 is 1.91 bits per heavy atom. The van der Waals surface area contributed by atoms with Gasteiger partial charge in [0.15, 0.2) is 0 Å². The number of anilines is 2. The maximum atomic E-state index is 10.6. The van der Waals surface area contributed by atoms with Crippen molar-refractivity contribution in [3.63, 3.8) is 0 Å². The molecule has 0 unspecified atom stereocenters. The SMILES string of the molecule is COCc1ccc2c(c1)nc(N(O)c1ccccc1)n2C(C)C. The van der Waals surface area contributed by atoms with Crippen molar-refractivity contribution >= 4 is 22.7 Å². The maximum Gasteiger partial charge on any atom is 0.236 e. The van der Waals surface area contributed by atoms with Crippen LogP contribution in [0.3, 0.4) is 0 Å². The number of methoxy groups -OCH3 is 1. The average molecular weight is 311 g/mol. The quantitative estimate of drug-likeness (QED) is 0.714. The van der Waals surface area contributed by atoms with Gasteiger partial charge in [-0.2, -0.15) is 5.06 Å². The molecule has 0 atom stereocenters. The first kappa shape index (κ1) is 15.5. The zero-order valence-electron chi connectivity index (χ0n) is 13.6. The highest BCUT2D eigenvalue weighted by Crippen LogP contribution is 2.30. The third kappa shape index (κ3) is 2.93. The summed E-state index contributed by atoms with van der Waals surface area (Å²) < 4.78 is 7.21. The molecule has 0 aliphatic rings. The number of rotatable bonds is 5. The number of aromatic nitrogens is 2. The van der Waals surface area contributed by atoms with E-state index in [0.29, 0.717) is 18.2 Å². The number of imidazole rings is 1. The Morgan fingerprint density at radius 1 is 1.17 bits per heavy atom. The van der Waals surface area contributed by atoms with Gasteiger partial charge in [0.1, 0.15) is 0 Å². The van der Waals surface area contributed by atoms with Gasteiger partial charge in [-0.05, 0) is 43.7 Å². The average Bonchev–Trinajstić information content (AvgIpc) is 2.94. The van der Waals surface area contributed by atoms with Crippen molar-refractivity contribution in [1.29, 1.82) is 0 Å². The zero-order valence-corrected chi connectivity index (χ0v) is 13.6. The van der Waals surface area contributed by atoms with Crippen LogP contribution in [0.25, 0.3) is 11.0 Å². The number of para-hydroxylation sites is 1. The lowest BCUT2D eigenvalue weighted by molar-refractivity contribution is 0.185. The minimum Gasteiger partial charge on any atom is -0.380 e. The third-order valence-electron chi connectivity index (χ3n) is 3.75. The molecule has 0 saturated heterocycles. The molecule has 1 aromatic heterocycles. The van der Waals surface area contributed by atoms with Gasteiger partial charge in [0, 0.05) is 13.2 Å². The Hall–Kier alpha value is -2.37. The fraction of sp³-hybridized carbons (Fsp3) is 0.278. The zero-order chi connectivity index (χ0) is 16.4. The fourth-order valence-corrected chi connectivity index (χ4v) is 2.73. The van der Waals surface area contributed by atoms with E-state index in [-0.39, 0.29) is 6.04 Å². The lowest BCUT2D eigenvalue weighted by Gasteiger charge is -2.20. The van der Waals surface area contributed by atoms with Crippen molar-refractivity contribution in [3.05, 3.63) is 54.1 Å². The molecule has 0 radical (unpaired) electrons. The Bertz CT molecular complexity index is 797. The summed E-state index contributed by atoms with van der Waals surface area (Å²) in [5, 5.41) is 11.8. The third-order valence-corrected chi connectivity index (χ3v) is 3.75. The molecular weight excluding hydrogens is 290 g/mol. The summed E-state index contributed by atoms with van der Waals surface area (Å²) in [5.74, 6) is 0.510. The summed E-state index contributed by atoms with van der Waals surface area (Å²) in [4.78, 5) is 4.64. The molecule has 0 bridgehead atoms. The Labute approximate surface area is 135 Å². The Kier molecular flexibility index (Phi) is 4.32. The van der Waals surface area contributed by atoms with Gasteiger partial charge in [-0.3, -0.25) is 5.21 Å². The minimum absolute atomic E-state index is 0.168. The predicted octanol–water partition coefficient (Wildman–Crippen LogP) is 4.29. The maximum absolute atomic E-state index is 10.6. The van der Waals surface area contributed by atoms with Crippen molar-refractivity contribution in [2.45, 2.75) is 26.5 Å². The van der Waals surface area contributed by atoms with Crippen molar-refractivity contribution in [1.82, 2.24) is 9.55 Å². The van der Waals surface area contributed by atoms with E-state index in [0.717, 1.165) is 21.7 Å². The van der Waals surface area contributed by atoms with Gasteiger partial charge in [-0.15, -0.1) is 0 Å². The molecule has 120 valence electrons. The van der Waals surface area contributed by atoms with Crippen molar-refractivity contribution in [2.75, 3.05) is 12.2 Å². The molecule has 1 heterocycles. The molecule has 3 rings (SSSR count). The molecule has 5 heteroatoms. The second kappa shape index (κ2) is 6.40. The highest BCUT2D eigenvalue weighted by atomic mass is 16.5. The molecule has 0 saturated carbocycles. The van der Waals surface area contributed by atoms with E-state index >= 15 is 0 Å². The summed E-state index contributed by atoms with van der Waals surface area (Å²) >= 11 is 0. The van der Waals surface area contributed by atoms with Crippen LogP contribution in [0.5, 0.6) is 0 Å². The van der Waals surface area contributed by atoms with Gasteiger partial charge >= 0.3 is 0 Å². The van der Waals surface area contributed by atoms with E-state index < -0.39 is 0 Å². The molecule has 23 heavy (non-hydrogen) atoms. The summed E-state index contributed by atoms with van der Waals surface area (Å²) in [6, 6.07) is 15.6. The normalized spacial score (nSPS) is 11.3.